The Morgan fingerprint density at radius 2 is 1.65 bits per heavy atom. The van der Waals surface area contributed by atoms with Gasteiger partial charge in [-0.05, 0) is 21.7 Å². The topological polar surface area (TPSA) is 9.23 Å². The molecular weight excluding hydrogens is 260 g/mol. The van der Waals surface area contributed by atoms with Gasteiger partial charge >= 0.3 is 0 Å². The standard InChI is InChI=1S/C18H26OSi/c1-18(2,3)15-12-9-13-16(17(15)19-4)20(5,6)14-10-7-8-11-14/h7-14H,1-6H3. The smallest absolute Gasteiger partial charge is 0.121 e. The normalized spacial score (nSPS) is 15.9. The number of para-hydroxylation sites is 1. The Hall–Kier alpha value is -1.28. The largest absolute Gasteiger partial charge is 0.497 e. The van der Waals surface area contributed by atoms with Gasteiger partial charge in [0.25, 0.3) is 0 Å². The third kappa shape index (κ3) is 2.62. The molecule has 0 saturated heterocycles. The molecule has 108 valence electrons. The Labute approximate surface area is 124 Å². The van der Waals surface area contributed by atoms with Crippen molar-refractivity contribution >= 4 is 13.3 Å². The first-order chi connectivity index (χ1) is 9.28. The van der Waals surface area contributed by atoms with E-state index in [1.165, 1.54) is 10.8 Å². The molecule has 0 saturated carbocycles. The van der Waals surface area contributed by atoms with Crippen LogP contribution in [0.4, 0.5) is 0 Å². The van der Waals surface area contributed by atoms with E-state index in [2.05, 4.69) is 76.4 Å². The van der Waals surface area contributed by atoms with E-state index in [-0.39, 0.29) is 5.41 Å². The third-order valence-electron chi connectivity index (χ3n) is 4.30. The van der Waals surface area contributed by atoms with Crippen molar-refractivity contribution < 1.29 is 4.74 Å². The van der Waals surface area contributed by atoms with Crippen LogP contribution in [0.15, 0.2) is 42.5 Å². The molecule has 20 heavy (non-hydrogen) atoms. The van der Waals surface area contributed by atoms with E-state index in [9.17, 15) is 0 Å². The van der Waals surface area contributed by atoms with Gasteiger partial charge in [-0.1, -0.05) is 76.4 Å². The van der Waals surface area contributed by atoms with E-state index >= 15 is 0 Å². The molecule has 0 aliphatic heterocycles. The fraction of sp³-hybridized carbons (Fsp3) is 0.444. The van der Waals surface area contributed by atoms with Gasteiger partial charge < -0.3 is 4.74 Å². The summed E-state index contributed by atoms with van der Waals surface area (Å²) < 4.78 is 5.84. The second kappa shape index (κ2) is 5.25. The Kier molecular flexibility index (Phi) is 3.97. The zero-order chi connectivity index (χ0) is 15.0. The van der Waals surface area contributed by atoms with E-state index in [0.717, 1.165) is 5.75 Å². The molecule has 0 spiro atoms. The molecule has 1 nitrogen and oxygen atoms in total. The Morgan fingerprint density at radius 1 is 1.05 bits per heavy atom. The molecule has 1 aromatic rings. The minimum absolute atomic E-state index is 0.104. The van der Waals surface area contributed by atoms with Crippen molar-refractivity contribution in [2.24, 2.45) is 0 Å². The van der Waals surface area contributed by atoms with Crippen LogP contribution in [-0.4, -0.2) is 15.2 Å². The first-order valence-corrected chi connectivity index (χ1v) is 10.4. The van der Waals surface area contributed by atoms with Crippen molar-refractivity contribution in [1.82, 2.24) is 0 Å². The summed E-state index contributed by atoms with van der Waals surface area (Å²) in [5.74, 6) is 1.10. The summed E-state index contributed by atoms with van der Waals surface area (Å²) in [6.45, 7) is 11.6. The minimum Gasteiger partial charge on any atom is -0.497 e. The van der Waals surface area contributed by atoms with Gasteiger partial charge in [-0.3, -0.25) is 0 Å². The van der Waals surface area contributed by atoms with E-state index in [1.807, 2.05) is 0 Å². The molecular formula is C18H26OSi. The molecule has 0 bridgehead atoms. The fourth-order valence-corrected chi connectivity index (χ4v) is 5.84. The van der Waals surface area contributed by atoms with Crippen LogP contribution in [0.25, 0.3) is 0 Å². The summed E-state index contributed by atoms with van der Waals surface area (Å²) >= 11 is 0. The second-order valence-electron chi connectivity index (χ2n) is 7.15. The highest BCUT2D eigenvalue weighted by Gasteiger charge is 2.35. The lowest BCUT2D eigenvalue weighted by atomic mass is 9.86. The van der Waals surface area contributed by atoms with Gasteiger partial charge in [0.2, 0.25) is 0 Å². The highest BCUT2D eigenvalue weighted by Crippen LogP contribution is 2.35. The fourth-order valence-electron chi connectivity index (χ4n) is 2.95. The SMILES string of the molecule is COc1c(C(C)(C)C)cccc1[Si](C)(C)C1C=CC=C1. The maximum Gasteiger partial charge on any atom is 0.121 e. The van der Waals surface area contributed by atoms with E-state index < -0.39 is 8.07 Å². The molecule has 1 aliphatic carbocycles. The average Bonchev–Trinajstić information content (AvgIpc) is 2.91. The predicted octanol–water partition coefficient (Wildman–Crippen LogP) is 4.40. The van der Waals surface area contributed by atoms with Crippen molar-refractivity contribution in [3.8, 4) is 5.75 Å². The molecule has 0 aromatic heterocycles. The molecule has 2 rings (SSSR count). The maximum absolute atomic E-state index is 5.84. The van der Waals surface area contributed by atoms with Crippen molar-refractivity contribution in [1.29, 1.82) is 0 Å². The third-order valence-corrected chi connectivity index (χ3v) is 8.14. The van der Waals surface area contributed by atoms with Crippen molar-refractivity contribution in [2.45, 2.75) is 44.8 Å². The molecule has 0 N–H and O–H groups in total. The van der Waals surface area contributed by atoms with Crippen LogP contribution in [0, 0.1) is 0 Å². The number of ether oxygens (including phenoxy) is 1. The van der Waals surface area contributed by atoms with Crippen LogP contribution in [0.5, 0.6) is 5.75 Å². The van der Waals surface area contributed by atoms with Gasteiger partial charge in [-0.25, -0.2) is 0 Å². The van der Waals surface area contributed by atoms with Crippen LogP contribution in [0.2, 0.25) is 18.6 Å². The number of benzene rings is 1. The van der Waals surface area contributed by atoms with Crippen LogP contribution in [0.3, 0.4) is 0 Å². The lowest BCUT2D eigenvalue weighted by molar-refractivity contribution is 0.400. The lowest BCUT2D eigenvalue weighted by Gasteiger charge is -2.32. The van der Waals surface area contributed by atoms with Crippen molar-refractivity contribution in [3.05, 3.63) is 48.1 Å². The summed E-state index contributed by atoms with van der Waals surface area (Å²) in [5, 5.41) is 1.42. The number of hydrogen-bond acceptors (Lipinski definition) is 1. The predicted molar refractivity (Wildman–Crippen MR) is 90.8 cm³/mol. The Morgan fingerprint density at radius 3 is 2.15 bits per heavy atom. The number of allylic oxidation sites excluding steroid dienone is 4. The lowest BCUT2D eigenvalue weighted by Crippen LogP contribution is -2.46. The zero-order valence-corrected chi connectivity index (χ0v) is 14.5. The molecule has 0 atom stereocenters. The van der Waals surface area contributed by atoms with Crippen LogP contribution < -0.4 is 9.92 Å². The molecule has 0 fully saturated rings. The van der Waals surface area contributed by atoms with Gasteiger partial charge in [0, 0.05) is 0 Å². The summed E-state index contributed by atoms with van der Waals surface area (Å²) in [6.07, 6.45) is 8.99. The van der Waals surface area contributed by atoms with Gasteiger partial charge in [0.15, 0.2) is 0 Å². The molecule has 0 radical (unpaired) electrons. The van der Waals surface area contributed by atoms with Gasteiger partial charge in [0.1, 0.15) is 5.75 Å². The highest BCUT2D eigenvalue weighted by atomic mass is 28.3. The van der Waals surface area contributed by atoms with Crippen molar-refractivity contribution in [3.63, 3.8) is 0 Å². The van der Waals surface area contributed by atoms with Crippen LogP contribution in [0.1, 0.15) is 26.3 Å². The van der Waals surface area contributed by atoms with E-state index in [1.54, 1.807) is 7.11 Å². The van der Waals surface area contributed by atoms with Gasteiger partial charge in [-0.15, -0.1) is 0 Å². The summed E-state index contributed by atoms with van der Waals surface area (Å²) in [5.41, 5.74) is 1.98. The molecule has 0 unspecified atom stereocenters. The van der Waals surface area contributed by atoms with E-state index in [0.29, 0.717) is 5.54 Å². The second-order valence-corrected chi connectivity index (χ2v) is 11.8. The molecule has 0 heterocycles. The minimum atomic E-state index is -1.62. The Bertz CT molecular complexity index is 535. The summed E-state index contributed by atoms with van der Waals surface area (Å²) in [4.78, 5) is 0. The molecule has 2 heteroatoms. The number of rotatable bonds is 3. The summed E-state index contributed by atoms with van der Waals surface area (Å²) in [7, 11) is 0.184. The number of methoxy groups -OCH3 is 1. The molecule has 1 aliphatic rings. The van der Waals surface area contributed by atoms with Crippen molar-refractivity contribution in [2.75, 3.05) is 7.11 Å². The molecule has 0 amide bonds. The van der Waals surface area contributed by atoms with Gasteiger partial charge in [0.05, 0.1) is 15.2 Å². The first kappa shape index (κ1) is 15.1. The Balaban J connectivity index is 2.57. The number of hydrogen-bond donors (Lipinski definition) is 0. The van der Waals surface area contributed by atoms with E-state index in [4.69, 9.17) is 4.74 Å². The average molecular weight is 286 g/mol. The first-order valence-electron chi connectivity index (χ1n) is 7.31. The quantitative estimate of drug-likeness (QED) is 0.748. The zero-order valence-electron chi connectivity index (χ0n) is 13.5. The maximum atomic E-state index is 5.84. The van der Waals surface area contributed by atoms with Crippen LogP contribution >= 0.6 is 0 Å². The highest BCUT2D eigenvalue weighted by molar-refractivity contribution is 6.92. The monoisotopic (exact) mass is 286 g/mol. The van der Waals surface area contributed by atoms with Crippen LogP contribution in [-0.2, 0) is 5.41 Å². The van der Waals surface area contributed by atoms with Gasteiger partial charge in [-0.2, -0.15) is 0 Å². The summed E-state index contributed by atoms with van der Waals surface area (Å²) in [6, 6.07) is 6.66. The molecule has 1 aromatic carbocycles.